The molecule has 0 aromatic carbocycles. The lowest BCUT2D eigenvalue weighted by atomic mass is 9.94. The van der Waals surface area contributed by atoms with Crippen molar-refractivity contribution in [2.75, 3.05) is 32.8 Å². The van der Waals surface area contributed by atoms with Crippen molar-refractivity contribution in [2.45, 2.75) is 136 Å². The first kappa shape index (κ1) is 33.1. The molecule has 0 fully saturated rings. The predicted octanol–water partition coefficient (Wildman–Crippen LogP) is 7.09. The van der Waals surface area contributed by atoms with Crippen LogP contribution in [0.1, 0.15) is 136 Å². The Bertz CT molecular complexity index is 444. The summed E-state index contributed by atoms with van der Waals surface area (Å²) in [6.45, 7) is 8.01. The molecule has 5 nitrogen and oxygen atoms in total. The Morgan fingerprint density at radius 3 is 1.88 bits per heavy atom. The van der Waals surface area contributed by atoms with E-state index in [-0.39, 0.29) is 18.5 Å². The first-order chi connectivity index (χ1) is 16.7. The highest BCUT2D eigenvalue weighted by Gasteiger charge is 2.19. The second kappa shape index (κ2) is 26.7. The van der Waals surface area contributed by atoms with Crippen molar-refractivity contribution in [2.24, 2.45) is 5.92 Å². The van der Waals surface area contributed by atoms with Crippen molar-refractivity contribution >= 4 is 12.3 Å². The normalized spacial score (nSPS) is 12.2. The first-order valence-electron chi connectivity index (χ1n) is 14.6. The van der Waals surface area contributed by atoms with Gasteiger partial charge in [-0.2, -0.15) is 0 Å². The number of nitrogens with zero attached hydrogens (tertiary/aromatic N) is 1. The Balaban J connectivity index is 4.08. The molecule has 0 aliphatic carbocycles. The van der Waals surface area contributed by atoms with Crippen LogP contribution >= 0.6 is 0 Å². The third kappa shape index (κ3) is 21.6. The molecule has 0 spiro atoms. The van der Waals surface area contributed by atoms with E-state index in [1.807, 2.05) is 0 Å². The van der Waals surface area contributed by atoms with Gasteiger partial charge in [-0.3, -0.25) is 4.79 Å². The highest BCUT2D eigenvalue weighted by atomic mass is 16.5. The molecule has 0 bridgehead atoms. The molecule has 0 amide bonds. The zero-order valence-electron chi connectivity index (χ0n) is 22.7. The fourth-order valence-corrected chi connectivity index (χ4v) is 4.47. The number of carbonyl (C=O) groups excluding carboxylic acids is 2. The summed E-state index contributed by atoms with van der Waals surface area (Å²) in [6.07, 6.45) is 22.0. The minimum Gasteiger partial charge on any atom is -0.465 e. The number of aliphatic hydroxyl groups is 1. The van der Waals surface area contributed by atoms with Gasteiger partial charge in [-0.15, -0.1) is 0 Å². The molecule has 5 heteroatoms. The average Bonchev–Trinajstić information content (AvgIpc) is 2.84. The van der Waals surface area contributed by atoms with E-state index in [1.165, 1.54) is 51.4 Å². The van der Waals surface area contributed by atoms with Gasteiger partial charge in [0.15, 0.2) is 0 Å². The maximum Gasteiger partial charge on any atom is 0.308 e. The third-order valence-electron chi connectivity index (χ3n) is 6.70. The standard InChI is InChI=1S/C29H57NO4/c1-3-5-7-9-10-14-21-28(20-13-8-6-4-2)29(33)34-27-18-12-11-15-22-30(24-19-26-32)23-16-17-25-31/h26,28,31H,3-25,27H2,1-2H3. The molecule has 0 aliphatic heterocycles. The predicted molar refractivity (Wildman–Crippen MR) is 143 cm³/mol. The first-order valence-corrected chi connectivity index (χ1v) is 14.6. The quantitative estimate of drug-likeness (QED) is 0.0767. The number of rotatable bonds is 27. The highest BCUT2D eigenvalue weighted by molar-refractivity contribution is 5.72. The van der Waals surface area contributed by atoms with E-state index in [2.05, 4.69) is 18.7 Å². The second-order valence-electron chi connectivity index (χ2n) is 9.91. The maximum atomic E-state index is 12.7. The highest BCUT2D eigenvalue weighted by Crippen LogP contribution is 2.20. The molecular weight excluding hydrogens is 426 g/mol. The van der Waals surface area contributed by atoms with Gasteiger partial charge in [-0.25, -0.2) is 0 Å². The number of unbranched alkanes of at least 4 members (excludes halogenated alkanes) is 12. The van der Waals surface area contributed by atoms with Crippen LogP contribution in [0.5, 0.6) is 0 Å². The number of aldehydes is 1. The molecule has 1 N–H and O–H groups in total. The zero-order valence-corrected chi connectivity index (χ0v) is 22.7. The van der Waals surface area contributed by atoms with Crippen LogP contribution in [0.25, 0.3) is 0 Å². The average molecular weight is 484 g/mol. The van der Waals surface area contributed by atoms with Gasteiger partial charge >= 0.3 is 5.97 Å². The van der Waals surface area contributed by atoms with Gasteiger partial charge in [0, 0.05) is 19.6 Å². The number of hydrogen-bond donors (Lipinski definition) is 1. The molecule has 0 radical (unpaired) electrons. The number of ether oxygens (including phenoxy) is 1. The van der Waals surface area contributed by atoms with Crippen LogP contribution in [0, 0.1) is 5.92 Å². The van der Waals surface area contributed by atoms with Crippen LogP contribution in [0.2, 0.25) is 0 Å². The summed E-state index contributed by atoms with van der Waals surface area (Å²) in [5.41, 5.74) is 0. The van der Waals surface area contributed by atoms with E-state index < -0.39 is 0 Å². The fourth-order valence-electron chi connectivity index (χ4n) is 4.47. The fraction of sp³-hybridized carbons (Fsp3) is 0.931. The van der Waals surface area contributed by atoms with E-state index in [9.17, 15) is 9.59 Å². The molecule has 0 aromatic heterocycles. The lowest BCUT2D eigenvalue weighted by Gasteiger charge is -2.21. The van der Waals surface area contributed by atoms with Crippen LogP contribution in [0.3, 0.4) is 0 Å². The van der Waals surface area contributed by atoms with Gasteiger partial charge in [0.1, 0.15) is 6.29 Å². The summed E-state index contributed by atoms with van der Waals surface area (Å²) >= 11 is 0. The van der Waals surface area contributed by atoms with E-state index in [4.69, 9.17) is 9.84 Å². The molecule has 0 saturated heterocycles. The Morgan fingerprint density at radius 1 is 0.735 bits per heavy atom. The van der Waals surface area contributed by atoms with Crippen LogP contribution in [0.15, 0.2) is 0 Å². The number of carbonyl (C=O) groups is 2. The van der Waals surface area contributed by atoms with Crippen molar-refractivity contribution in [3.05, 3.63) is 0 Å². The molecular formula is C29H57NO4. The molecule has 0 heterocycles. The molecule has 0 aliphatic rings. The Morgan fingerprint density at radius 2 is 1.26 bits per heavy atom. The lowest BCUT2D eigenvalue weighted by Crippen LogP contribution is -2.27. The topological polar surface area (TPSA) is 66.8 Å². The summed E-state index contributed by atoms with van der Waals surface area (Å²) < 4.78 is 5.69. The van der Waals surface area contributed by atoms with E-state index >= 15 is 0 Å². The minimum atomic E-state index is 0.0361. The number of hydrogen-bond acceptors (Lipinski definition) is 5. The smallest absolute Gasteiger partial charge is 0.308 e. The number of aliphatic hydroxyl groups excluding tert-OH is 1. The van der Waals surface area contributed by atoms with Crippen molar-refractivity contribution in [1.29, 1.82) is 0 Å². The van der Waals surface area contributed by atoms with Gasteiger partial charge < -0.3 is 19.5 Å². The van der Waals surface area contributed by atoms with Gasteiger partial charge in [0.25, 0.3) is 0 Å². The molecule has 1 unspecified atom stereocenters. The van der Waals surface area contributed by atoms with Gasteiger partial charge in [0.05, 0.1) is 12.5 Å². The Kier molecular flexibility index (Phi) is 25.9. The second-order valence-corrected chi connectivity index (χ2v) is 9.91. The monoisotopic (exact) mass is 483 g/mol. The summed E-state index contributed by atoms with van der Waals surface area (Å²) in [7, 11) is 0. The molecule has 0 rings (SSSR count). The zero-order chi connectivity index (χ0) is 25.1. The summed E-state index contributed by atoms with van der Waals surface area (Å²) in [5, 5.41) is 8.96. The maximum absolute atomic E-state index is 12.7. The largest absolute Gasteiger partial charge is 0.465 e. The summed E-state index contributed by atoms with van der Waals surface area (Å²) in [6, 6.07) is 0. The van der Waals surface area contributed by atoms with E-state index in [0.717, 1.165) is 90.1 Å². The Labute approximate surface area is 211 Å². The van der Waals surface area contributed by atoms with Gasteiger partial charge in [-0.1, -0.05) is 90.9 Å². The van der Waals surface area contributed by atoms with Gasteiger partial charge in [-0.05, 0) is 51.6 Å². The minimum absolute atomic E-state index is 0.0361. The summed E-state index contributed by atoms with van der Waals surface area (Å²) in [5.74, 6) is 0.127. The van der Waals surface area contributed by atoms with Crippen LogP contribution in [-0.4, -0.2) is 55.1 Å². The van der Waals surface area contributed by atoms with Gasteiger partial charge in [0.2, 0.25) is 0 Å². The molecule has 0 saturated carbocycles. The van der Waals surface area contributed by atoms with Crippen molar-refractivity contribution in [3.8, 4) is 0 Å². The number of esters is 1. The van der Waals surface area contributed by atoms with Crippen molar-refractivity contribution < 1.29 is 19.4 Å². The molecule has 34 heavy (non-hydrogen) atoms. The van der Waals surface area contributed by atoms with E-state index in [1.54, 1.807) is 0 Å². The van der Waals surface area contributed by atoms with Crippen LogP contribution in [0.4, 0.5) is 0 Å². The molecule has 1 atom stereocenters. The summed E-state index contributed by atoms with van der Waals surface area (Å²) in [4.78, 5) is 25.7. The SMILES string of the molecule is CCCCCCCCC(CCCCCC)C(=O)OCCCCCCN(CCC=O)CCCCO. The van der Waals surface area contributed by atoms with Crippen molar-refractivity contribution in [1.82, 2.24) is 4.90 Å². The van der Waals surface area contributed by atoms with Crippen molar-refractivity contribution in [3.63, 3.8) is 0 Å². The third-order valence-corrected chi connectivity index (χ3v) is 6.70. The molecule has 202 valence electrons. The van der Waals surface area contributed by atoms with E-state index in [0.29, 0.717) is 13.0 Å². The van der Waals surface area contributed by atoms with Crippen LogP contribution < -0.4 is 0 Å². The van der Waals surface area contributed by atoms with Crippen LogP contribution in [-0.2, 0) is 14.3 Å². The molecule has 0 aromatic rings. The lowest BCUT2D eigenvalue weighted by molar-refractivity contribution is -0.149. The Hall–Kier alpha value is -0.940.